The van der Waals surface area contributed by atoms with E-state index in [1.807, 2.05) is 0 Å². The van der Waals surface area contributed by atoms with Crippen LogP contribution in [0.15, 0.2) is 97.1 Å². The third kappa shape index (κ3) is 4.39. The lowest BCUT2D eigenvalue weighted by Gasteiger charge is -2.30. The van der Waals surface area contributed by atoms with Crippen molar-refractivity contribution in [1.29, 1.82) is 0 Å². The maximum atomic E-state index is 2.35. The van der Waals surface area contributed by atoms with E-state index in [1.54, 1.807) is 0 Å². The quantitative estimate of drug-likeness (QED) is 0.325. The molecular weight excluding hydrogens is 360 g/mol. The van der Waals surface area contributed by atoms with Gasteiger partial charge in [-0.3, -0.25) is 0 Å². The van der Waals surface area contributed by atoms with E-state index >= 15 is 0 Å². The first-order valence-electron chi connectivity index (χ1n) is 10.8. The molecule has 0 fully saturated rings. The highest BCUT2D eigenvalue weighted by Crippen LogP contribution is 2.43. The van der Waals surface area contributed by atoms with Crippen LogP contribution in [-0.2, 0) is 0 Å². The van der Waals surface area contributed by atoms with Crippen LogP contribution in [0, 0.1) is 27.7 Å². The van der Waals surface area contributed by atoms with Crippen molar-refractivity contribution in [2.24, 2.45) is 0 Å². The zero-order chi connectivity index (χ0) is 21.1. The number of benzene rings is 4. The number of aryl methyl sites for hydroxylation is 4. The number of hydrogen-bond acceptors (Lipinski definition) is 0. The highest BCUT2D eigenvalue weighted by molar-refractivity contribution is 5.47. The predicted octanol–water partition coefficient (Wildman–Crippen LogP) is 7.88. The summed E-state index contributed by atoms with van der Waals surface area (Å²) in [5.41, 5.74) is 10.7. The van der Waals surface area contributed by atoms with Crippen molar-refractivity contribution in [3.63, 3.8) is 0 Å². The molecule has 0 unspecified atom stereocenters. The first-order chi connectivity index (χ1) is 14.5. The molecule has 0 N–H and O–H groups in total. The number of hydrogen-bond donors (Lipinski definition) is 0. The van der Waals surface area contributed by atoms with E-state index < -0.39 is 0 Å². The van der Waals surface area contributed by atoms with Crippen molar-refractivity contribution in [3.05, 3.63) is 142 Å². The van der Waals surface area contributed by atoms with Crippen molar-refractivity contribution >= 4 is 0 Å². The highest BCUT2D eigenvalue weighted by Gasteiger charge is 2.28. The molecule has 4 aromatic rings. The van der Waals surface area contributed by atoms with Crippen LogP contribution in [0.1, 0.15) is 56.3 Å². The van der Waals surface area contributed by atoms with Crippen LogP contribution in [-0.4, -0.2) is 0 Å². The molecule has 0 bridgehead atoms. The van der Waals surface area contributed by atoms with E-state index in [-0.39, 0.29) is 11.8 Å². The molecule has 0 atom stereocenters. The highest BCUT2D eigenvalue weighted by atomic mass is 14.3. The van der Waals surface area contributed by atoms with Crippen LogP contribution in [0.4, 0.5) is 0 Å². The molecule has 0 radical (unpaired) electrons. The van der Waals surface area contributed by atoms with Gasteiger partial charge in [0, 0.05) is 11.8 Å². The van der Waals surface area contributed by atoms with E-state index in [9.17, 15) is 0 Å². The monoisotopic (exact) mass is 390 g/mol. The van der Waals surface area contributed by atoms with E-state index in [0.29, 0.717) is 0 Å². The molecule has 0 saturated carbocycles. The lowest BCUT2D eigenvalue weighted by molar-refractivity contribution is 0.692. The lowest BCUT2D eigenvalue weighted by Crippen LogP contribution is -2.15. The summed E-state index contributed by atoms with van der Waals surface area (Å²) >= 11 is 0. The molecule has 0 aliphatic rings. The average molecular weight is 391 g/mol. The maximum Gasteiger partial charge on any atom is 0.0199 e. The summed E-state index contributed by atoms with van der Waals surface area (Å²) in [5.74, 6) is 0.488. The van der Waals surface area contributed by atoms with Gasteiger partial charge in [0.25, 0.3) is 0 Å². The van der Waals surface area contributed by atoms with Gasteiger partial charge in [0.2, 0.25) is 0 Å². The molecule has 4 rings (SSSR count). The Balaban J connectivity index is 1.99. The van der Waals surface area contributed by atoms with Gasteiger partial charge in [-0.1, -0.05) is 119 Å². The van der Waals surface area contributed by atoms with Crippen LogP contribution in [0.5, 0.6) is 0 Å². The summed E-state index contributed by atoms with van der Waals surface area (Å²) in [6.45, 7) is 8.74. The summed E-state index contributed by atoms with van der Waals surface area (Å²) in [6, 6.07) is 36.1. The molecule has 0 saturated heterocycles. The zero-order valence-corrected chi connectivity index (χ0v) is 18.4. The van der Waals surface area contributed by atoms with Crippen LogP contribution < -0.4 is 0 Å². The SMILES string of the molecule is Cc1cccc(C(c2cccc(C)c2)C(c2cccc(C)c2)c2cccc(C)c2)c1. The minimum atomic E-state index is 0.244. The molecule has 0 aliphatic heterocycles. The first kappa shape index (κ1) is 20.2. The molecule has 0 aromatic heterocycles. The Labute approximate surface area is 181 Å². The van der Waals surface area contributed by atoms with Gasteiger partial charge < -0.3 is 0 Å². The second kappa shape index (κ2) is 8.71. The van der Waals surface area contributed by atoms with E-state index in [1.165, 1.54) is 44.5 Å². The Morgan fingerprint density at radius 1 is 0.367 bits per heavy atom. The molecule has 0 amide bonds. The Hall–Kier alpha value is -3.12. The van der Waals surface area contributed by atoms with Crippen molar-refractivity contribution < 1.29 is 0 Å². The summed E-state index contributed by atoms with van der Waals surface area (Å²) < 4.78 is 0. The Bertz CT molecular complexity index is 968. The van der Waals surface area contributed by atoms with Crippen molar-refractivity contribution in [2.75, 3.05) is 0 Å². The van der Waals surface area contributed by atoms with E-state index in [0.717, 1.165) is 0 Å². The minimum Gasteiger partial charge on any atom is -0.0617 e. The molecule has 0 nitrogen and oxygen atoms in total. The van der Waals surface area contributed by atoms with Crippen molar-refractivity contribution in [2.45, 2.75) is 39.5 Å². The lowest BCUT2D eigenvalue weighted by atomic mass is 9.73. The van der Waals surface area contributed by atoms with Crippen molar-refractivity contribution in [3.8, 4) is 0 Å². The van der Waals surface area contributed by atoms with Crippen molar-refractivity contribution in [1.82, 2.24) is 0 Å². The Morgan fingerprint density at radius 2 is 0.600 bits per heavy atom. The molecule has 150 valence electrons. The van der Waals surface area contributed by atoms with Crippen LogP contribution >= 0.6 is 0 Å². The normalized spacial score (nSPS) is 11.3. The third-order valence-corrected chi connectivity index (χ3v) is 5.94. The van der Waals surface area contributed by atoms with E-state index in [2.05, 4.69) is 125 Å². The second-order valence-electron chi connectivity index (χ2n) is 8.61. The van der Waals surface area contributed by atoms with Gasteiger partial charge in [-0.2, -0.15) is 0 Å². The summed E-state index contributed by atoms with van der Waals surface area (Å²) in [6.07, 6.45) is 0. The molecular formula is C30H30. The van der Waals surface area contributed by atoms with Crippen LogP contribution in [0.3, 0.4) is 0 Å². The molecule has 4 aromatic carbocycles. The van der Waals surface area contributed by atoms with Gasteiger partial charge in [-0.15, -0.1) is 0 Å². The topological polar surface area (TPSA) is 0 Å². The van der Waals surface area contributed by atoms with Gasteiger partial charge in [0.05, 0.1) is 0 Å². The molecule has 0 aliphatic carbocycles. The minimum absolute atomic E-state index is 0.244. The fourth-order valence-corrected chi connectivity index (χ4v) is 4.61. The molecule has 0 spiro atoms. The van der Waals surface area contributed by atoms with Gasteiger partial charge in [-0.05, 0) is 49.9 Å². The Kier molecular flexibility index (Phi) is 5.86. The summed E-state index contributed by atoms with van der Waals surface area (Å²) in [5, 5.41) is 0. The summed E-state index contributed by atoms with van der Waals surface area (Å²) in [7, 11) is 0. The summed E-state index contributed by atoms with van der Waals surface area (Å²) in [4.78, 5) is 0. The molecule has 0 heterocycles. The maximum absolute atomic E-state index is 2.35. The third-order valence-electron chi connectivity index (χ3n) is 5.94. The molecule has 0 heteroatoms. The van der Waals surface area contributed by atoms with Gasteiger partial charge in [0.15, 0.2) is 0 Å². The average Bonchev–Trinajstić information content (AvgIpc) is 2.72. The second-order valence-corrected chi connectivity index (χ2v) is 8.61. The first-order valence-corrected chi connectivity index (χ1v) is 10.8. The van der Waals surface area contributed by atoms with Gasteiger partial charge in [-0.25, -0.2) is 0 Å². The van der Waals surface area contributed by atoms with Gasteiger partial charge >= 0.3 is 0 Å². The zero-order valence-electron chi connectivity index (χ0n) is 18.4. The fourth-order valence-electron chi connectivity index (χ4n) is 4.61. The van der Waals surface area contributed by atoms with E-state index in [4.69, 9.17) is 0 Å². The predicted molar refractivity (Wildman–Crippen MR) is 128 cm³/mol. The fraction of sp³-hybridized carbons (Fsp3) is 0.200. The number of rotatable bonds is 5. The Morgan fingerprint density at radius 3 is 0.800 bits per heavy atom. The largest absolute Gasteiger partial charge is 0.0617 e. The van der Waals surface area contributed by atoms with Gasteiger partial charge in [0.1, 0.15) is 0 Å². The standard InChI is InChI=1S/C30H30/c1-21-9-5-13-25(17-21)29(26-14-6-10-22(2)18-26)30(27-15-7-11-23(3)19-27)28-16-8-12-24(4)20-28/h5-20,29-30H,1-4H3. The molecule has 30 heavy (non-hydrogen) atoms. The smallest absolute Gasteiger partial charge is 0.0199 e. The van der Waals surface area contributed by atoms with Crippen LogP contribution in [0.2, 0.25) is 0 Å². The van der Waals surface area contributed by atoms with Crippen LogP contribution in [0.25, 0.3) is 0 Å².